The molecular weight excluding hydrogens is 413 g/mol. The van der Waals surface area contributed by atoms with Gasteiger partial charge in [0.25, 0.3) is 5.91 Å². The van der Waals surface area contributed by atoms with E-state index < -0.39 is 0 Å². The van der Waals surface area contributed by atoms with Crippen LogP contribution in [0.3, 0.4) is 0 Å². The molecule has 3 nitrogen and oxygen atoms in total. The van der Waals surface area contributed by atoms with Crippen LogP contribution >= 0.6 is 46.2 Å². The SMILES string of the molecule is O=C1C(=Cc2cccs2)N(CCc2cccs2)C(=S)N1CCc1cccs1. The number of thiocarbonyl (C=S) groups is 1. The van der Waals surface area contributed by atoms with Gasteiger partial charge in [-0.2, -0.15) is 0 Å². The van der Waals surface area contributed by atoms with Crippen molar-refractivity contribution in [3.05, 3.63) is 72.9 Å². The lowest BCUT2D eigenvalue weighted by atomic mass is 10.2. The molecule has 0 radical (unpaired) electrons. The molecule has 0 atom stereocenters. The highest BCUT2D eigenvalue weighted by Crippen LogP contribution is 2.26. The maximum atomic E-state index is 13.1. The Labute approximate surface area is 176 Å². The van der Waals surface area contributed by atoms with E-state index in [1.54, 1.807) is 38.9 Å². The Kier molecular flexibility index (Phi) is 5.83. The summed E-state index contributed by atoms with van der Waals surface area (Å²) in [7, 11) is 0. The van der Waals surface area contributed by atoms with Crippen LogP contribution in [0, 0.1) is 0 Å². The van der Waals surface area contributed by atoms with Gasteiger partial charge in [0.2, 0.25) is 0 Å². The molecule has 0 aliphatic carbocycles. The van der Waals surface area contributed by atoms with Crippen LogP contribution in [0.4, 0.5) is 0 Å². The van der Waals surface area contributed by atoms with Crippen LogP contribution < -0.4 is 0 Å². The predicted octanol–water partition coefficient (Wildman–Crippen LogP) is 5.13. The molecule has 0 aromatic carbocycles. The lowest BCUT2D eigenvalue weighted by Gasteiger charge is -2.20. The first kappa shape index (κ1) is 18.6. The van der Waals surface area contributed by atoms with Gasteiger partial charge in [-0.3, -0.25) is 9.69 Å². The van der Waals surface area contributed by atoms with Gasteiger partial charge in [0.1, 0.15) is 5.70 Å². The van der Waals surface area contributed by atoms with Gasteiger partial charge in [0.15, 0.2) is 5.11 Å². The zero-order valence-corrected chi connectivity index (χ0v) is 17.8. The Hall–Kier alpha value is -1.80. The molecule has 1 aliphatic heterocycles. The molecule has 0 bridgehead atoms. The van der Waals surface area contributed by atoms with Gasteiger partial charge < -0.3 is 4.90 Å². The quantitative estimate of drug-likeness (QED) is 0.384. The van der Waals surface area contributed by atoms with E-state index >= 15 is 0 Å². The van der Waals surface area contributed by atoms with E-state index in [0.29, 0.717) is 17.4 Å². The topological polar surface area (TPSA) is 23.6 Å². The first-order valence-electron chi connectivity index (χ1n) is 8.66. The Morgan fingerprint density at radius 2 is 1.44 bits per heavy atom. The Morgan fingerprint density at radius 3 is 2.00 bits per heavy atom. The van der Waals surface area contributed by atoms with Crippen LogP contribution in [0.2, 0.25) is 0 Å². The van der Waals surface area contributed by atoms with Gasteiger partial charge in [0, 0.05) is 27.7 Å². The number of thiophene rings is 3. The normalized spacial score (nSPS) is 16.1. The minimum atomic E-state index is 0.0103. The van der Waals surface area contributed by atoms with Crippen molar-refractivity contribution in [3.63, 3.8) is 0 Å². The van der Waals surface area contributed by atoms with Gasteiger partial charge in [-0.05, 0) is 65.5 Å². The smallest absolute Gasteiger partial charge is 0.276 e. The van der Waals surface area contributed by atoms with E-state index in [4.69, 9.17) is 12.2 Å². The molecule has 1 amide bonds. The van der Waals surface area contributed by atoms with Crippen molar-refractivity contribution in [2.24, 2.45) is 0 Å². The largest absolute Gasteiger partial charge is 0.313 e. The summed E-state index contributed by atoms with van der Waals surface area (Å²) in [5.41, 5.74) is 0.685. The summed E-state index contributed by atoms with van der Waals surface area (Å²) in [6, 6.07) is 12.4. The fourth-order valence-electron chi connectivity index (χ4n) is 3.00. The number of rotatable bonds is 7. The molecule has 27 heavy (non-hydrogen) atoms. The molecule has 1 aliphatic rings. The van der Waals surface area contributed by atoms with E-state index in [9.17, 15) is 4.79 Å². The number of carbonyl (C=O) groups excluding carboxylic acids is 1. The van der Waals surface area contributed by atoms with E-state index in [2.05, 4.69) is 29.0 Å². The molecule has 138 valence electrons. The summed E-state index contributed by atoms with van der Waals surface area (Å²) in [6.07, 6.45) is 3.68. The number of amides is 1. The highest BCUT2D eigenvalue weighted by Gasteiger charge is 2.37. The van der Waals surface area contributed by atoms with Crippen molar-refractivity contribution in [1.82, 2.24) is 9.80 Å². The van der Waals surface area contributed by atoms with Gasteiger partial charge >= 0.3 is 0 Å². The van der Waals surface area contributed by atoms with Crippen LogP contribution in [0.25, 0.3) is 6.08 Å². The minimum Gasteiger partial charge on any atom is -0.313 e. The van der Waals surface area contributed by atoms with Crippen molar-refractivity contribution >= 4 is 63.3 Å². The Bertz CT molecular complexity index is 927. The van der Waals surface area contributed by atoms with Gasteiger partial charge in [-0.25, -0.2) is 0 Å². The van der Waals surface area contributed by atoms with Gasteiger partial charge in [-0.15, -0.1) is 34.0 Å². The summed E-state index contributed by atoms with van der Waals surface area (Å²) < 4.78 is 0. The van der Waals surface area contributed by atoms with E-state index in [1.807, 2.05) is 34.6 Å². The van der Waals surface area contributed by atoms with Crippen LogP contribution in [0.5, 0.6) is 0 Å². The van der Waals surface area contributed by atoms with Crippen LogP contribution in [-0.2, 0) is 17.6 Å². The summed E-state index contributed by atoms with van der Waals surface area (Å²) in [5, 5.41) is 6.79. The van der Waals surface area contributed by atoms with Crippen LogP contribution in [0.15, 0.2) is 58.2 Å². The highest BCUT2D eigenvalue weighted by atomic mass is 32.1. The number of carbonyl (C=O) groups is 1. The number of hydrogen-bond acceptors (Lipinski definition) is 5. The summed E-state index contributed by atoms with van der Waals surface area (Å²) in [5.74, 6) is 0.0103. The first-order valence-corrected chi connectivity index (χ1v) is 11.7. The van der Waals surface area contributed by atoms with Crippen molar-refractivity contribution in [2.45, 2.75) is 12.8 Å². The molecule has 4 heterocycles. The molecule has 0 spiro atoms. The second-order valence-electron chi connectivity index (χ2n) is 6.09. The summed E-state index contributed by atoms with van der Waals surface area (Å²) in [6.45, 7) is 1.34. The molecule has 0 N–H and O–H groups in total. The molecular formula is C20H18N2OS4. The molecule has 4 rings (SSSR count). The highest BCUT2D eigenvalue weighted by molar-refractivity contribution is 7.80. The first-order chi connectivity index (χ1) is 13.2. The molecule has 0 saturated carbocycles. The van der Waals surface area contributed by atoms with Crippen molar-refractivity contribution in [3.8, 4) is 0 Å². The van der Waals surface area contributed by atoms with E-state index in [0.717, 1.165) is 24.3 Å². The Morgan fingerprint density at radius 1 is 0.852 bits per heavy atom. The van der Waals surface area contributed by atoms with Crippen LogP contribution in [0.1, 0.15) is 14.6 Å². The third kappa shape index (κ3) is 4.21. The minimum absolute atomic E-state index is 0.0103. The average molecular weight is 431 g/mol. The molecule has 7 heteroatoms. The Balaban J connectivity index is 1.55. The van der Waals surface area contributed by atoms with Gasteiger partial charge in [-0.1, -0.05) is 18.2 Å². The number of nitrogens with zero attached hydrogens (tertiary/aromatic N) is 2. The summed E-state index contributed by atoms with van der Waals surface area (Å²) in [4.78, 5) is 20.5. The van der Waals surface area contributed by atoms with Crippen molar-refractivity contribution in [2.75, 3.05) is 13.1 Å². The van der Waals surface area contributed by atoms with Crippen LogP contribution in [-0.4, -0.2) is 33.9 Å². The fourth-order valence-corrected chi connectivity index (χ4v) is 5.42. The van der Waals surface area contributed by atoms with Gasteiger partial charge in [0.05, 0.1) is 0 Å². The van der Waals surface area contributed by atoms with Crippen molar-refractivity contribution < 1.29 is 4.79 Å². The lowest BCUT2D eigenvalue weighted by molar-refractivity contribution is -0.122. The maximum Gasteiger partial charge on any atom is 0.276 e. The standard InChI is InChI=1S/C20H18N2OS4/c23-19-18(14-17-6-3-13-27-17)21(9-7-15-4-1-11-25-15)20(24)22(19)10-8-16-5-2-12-26-16/h1-6,11-14H,7-10H2. The monoisotopic (exact) mass is 430 g/mol. The molecule has 3 aromatic heterocycles. The summed E-state index contributed by atoms with van der Waals surface area (Å²) >= 11 is 10.8. The third-order valence-electron chi connectivity index (χ3n) is 4.36. The average Bonchev–Trinajstić information content (AvgIpc) is 3.44. The maximum absolute atomic E-state index is 13.1. The molecule has 3 aromatic rings. The number of hydrogen-bond donors (Lipinski definition) is 0. The second-order valence-corrected chi connectivity index (χ2v) is 9.50. The molecule has 1 saturated heterocycles. The molecule has 1 fully saturated rings. The predicted molar refractivity (Wildman–Crippen MR) is 119 cm³/mol. The third-order valence-corrected chi connectivity index (χ3v) is 7.50. The fraction of sp³-hybridized carbons (Fsp3) is 0.200. The second kappa shape index (κ2) is 8.48. The van der Waals surface area contributed by atoms with Crippen molar-refractivity contribution in [1.29, 1.82) is 0 Å². The zero-order chi connectivity index (χ0) is 18.6. The van der Waals surface area contributed by atoms with E-state index in [1.165, 1.54) is 9.75 Å². The molecule has 0 unspecified atom stereocenters. The zero-order valence-electron chi connectivity index (χ0n) is 14.5. The lowest BCUT2D eigenvalue weighted by Crippen LogP contribution is -2.34. The van der Waals surface area contributed by atoms with E-state index in [-0.39, 0.29) is 5.91 Å².